The maximum atomic E-state index is 13.1. The maximum absolute atomic E-state index is 13.1. The first-order valence-corrected chi connectivity index (χ1v) is 11.9. The van der Waals surface area contributed by atoms with Crippen LogP contribution in [0, 0.1) is 5.92 Å². The average Bonchev–Trinajstić information content (AvgIpc) is 2.81. The second kappa shape index (κ2) is 12.1. The molecule has 184 valence electrons. The molecule has 0 bridgehead atoms. The lowest BCUT2D eigenvalue weighted by Gasteiger charge is -2.36. The van der Waals surface area contributed by atoms with Gasteiger partial charge < -0.3 is 24.6 Å². The summed E-state index contributed by atoms with van der Waals surface area (Å²) in [5, 5.41) is 13.3. The molecule has 7 nitrogen and oxygen atoms in total. The van der Waals surface area contributed by atoms with E-state index in [-0.39, 0.29) is 0 Å². The van der Waals surface area contributed by atoms with Crippen molar-refractivity contribution in [3.05, 3.63) is 58.6 Å². The van der Waals surface area contributed by atoms with Gasteiger partial charge in [0.2, 0.25) is 0 Å². The number of hydrogen-bond acceptors (Lipinski definition) is 5. The van der Waals surface area contributed by atoms with Crippen LogP contribution in [0.25, 0.3) is 0 Å². The van der Waals surface area contributed by atoms with Crippen molar-refractivity contribution in [3.63, 3.8) is 0 Å². The summed E-state index contributed by atoms with van der Waals surface area (Å²) in [5.74, 6) is -0.0932. The maximum Gasteiger partial charge on any atom is 0.329 e. The molecule has 0 saturated heterocycles. The van der Waals surface area contributed by atoms with Crippen LogP contribution in [0.5, 0.6) is 11.5 Å². The second-order valence-electron chi connectivity index (χ2n) is 8.76. The smallest absolute Gasteiger partial charge is 0.329 e. The van der Waals surface area contributed by atoms with Gasteiger partial charge in [0.15, 0.2) is 11.5 Å². The zero-order valence-corrected chi connectivity index (χ0v) is 20.4. The van der Waals surface area contributed by atoms with E-state index in [4.69, 9.17) is 25.8 Å². The predicted octanol–water partition coefficient (Wildman–Crippen LogP) is 4.75. The minimum absolute atomic E-state index is 0.316. The van der Waals surface area contributed by atoms with Crippen molar-refractivity contribution >= 4 is 23.5 Å². The molecule has 2 aromatic carbocycles. The van der Waals surface area contributed by atoms with Gasteiger partial charge in [-0.2, -0.15) is 0 Å². The third kappa shape index (κ3) is 6.87. The molecule has 0 radical (unpaired) electrons. The SMILES string of the molecule is COCCOc1ccc(C(=O)N[C@]2(C(=O)O)CC[C@H](C)CC2)cc1OCCc1cccc(Cl)c1. The summed E-state index contributed by atoms with van der Waals surface area (Å²) in [5.41, 5.74) is 0.0967. The number of carbonyl (C=O) groups is 2. The number of rotatable bonds is 11. The molecular formula is C26H32ClNO6. The zero-order chi connectivity index (χ0) is 24.6. The van der Waals surface area contributed by atoms with Crippen LogP contribution in [0.15, 0.2) is 42.5 Å². The minimum atomic E-state index is -1.25. The molecule has 0 aliphatic heterocycles. The molecular weight excluding hydrogens is 458 g/mol. The Morgan fingerprint density at radius 3 is 2.47 bits per heavy atom. The van der Waals surface area contributed by atoms with Crippen molar-refractivity contribution < 1.29 is 28.9 Å². The molecule has 1 aliphatic carbocycles. The Morgan fingerprint density at radius 1 is 1.06 bits per heavy atom. The highest BCUT2D eigenvalue weighted by Gasteiger charge is 2.42. The van der Waals surface area contributed by atoms with Gasteiger partial charge in [-0.25, -0.2) is 4.79 Å². The molecule has 0 heterocycles. The average molecular weight is 490 g/mol. The fourth-order valence-corrected chi connectivity index (χ4v) is 4.24. The molecule has 1 fully saturated rings. The van der Waals surface area contributed by atoms with Gasteiger partial charge in [0.25, 0.3) is 5.91 Å². The molecule has 34 heavy (non-hydrogen) atoms. The number of benzene rings is 2. The van der Waals surface area contributed by atoms with Gasteiger partial charge in [0.05, 0.1) is 13.2 Å². The van der Waals surface area contributed by atoms with E-state index in [1.807, 2.05) is 24.3 Å². The zero-order valence-electron chi connectivity index (χ0n) is 19.6. The molecule has 0 spiro atoms. The number of ether oxygens (including phenoxy) is 3. The summed E-state index contributed by atoms with van der Waals surface area (Å²) in [6.07, 6.45) is 2.97. The molecule has 2 aromatic rings. The second-order valence-corrected chi connectivity index (χ2v) is 9.19. The quantitative estimate of drug-likeness (QED) is 0.442. The van der Waals surface area contributed by atoms with Crippen molar-refractivity contribution in [3.8, 4) is 11.5 Å². The largest absolute Gasteiger partial charge is 0.489 e. The van der Waals surface area contributed by atoms with Gasteiger partial charge in [-0.3, -0.25) is 4.79 Å². The fraction of sp³-hybridized carbons (Fsp3) is 0.462. The molecule has 0 aromatic heterocycles. The molecule has 1 aliphatic rings. The van der Waals surface area contributed by atoms with Gasteiger partial charge >= 0.3 is 5.97 Å². The van der Waals surface area contributed by atoms with Crippen LogP contribution in [0.3, 0.4) is 0 Å². The predicted molar refractivity (Wildman–Crippen MR) is 130 cm³/mol. The van der Waals surface area contributed by atoms with Gasteiger partial charge in [-0.1, -0.05) is 30.7 Å². The summed E-state index contributed by atoms with van der Waals surface area (Å²) >= 11 is 6.06. The fourth-order valence-electron chi connectivity index (χ4n) is 4.02. The molecule has 0 unspecified atom stereocenters. The van der Waals surface area contributed by atoms with Crippen LogP contribution in [0.1, 0.15) is 48.5 Å². The summed E-state index contributed by atoms with van der Waals surface area (Å²) < 4.78 is 16.8. The lowest BCUT2D eigenvalue weighted by Crippen LogP contribution is -2.56. The monoisotopic (exact) mass is 489 g/mol. The number of halogens is 1. The molecule has 3 rings (SSSR count). The number of amides is 1. The van der Waals surface area contributed by atoms with Crippen molar-refractivity contribution in [2.75, 3.05) is 26.9 Å². The highest BCUT2D eigenvalue weighted by molar-refractivity contribution is 6.30. The molecule has 8 heteroatoms. The van der Waals surface area contributed by atoms with E-state index < -0.39 is 17.4 Å². The van der Waals surface area contributed by atoms with Crippen LogP contribution in [-0.4, -0.2) is 49.5 Å². The Morgan fingerprint density at radius 2 is 1.79 bits per heavy atom. The third-order valence-corrected chi connectivity index (χ3v) is 6.41. The Labute approximate surface area is 205 Å². The van der Waals surface area contributed by atoms with E-state index in [1.54, 1.807) is 25.3 Å². The number of hydrogen-bond donors (Lipinski definition) is 2. The van der Waals surface area contributed by atoms with Crippen molar-refractivity contribution in [1.29, 1.82) is 0 Å². The summed E-state index contributed by atoms with van der Waals surface area (Å²) in [6.45, 7) is 3.18. The number of aliphatic carboxylic acids is 1. The van der Waals surface area contributed by atoms with Crippen LogP contribution in [-0.2, 0) is 16.0 Å². The number of carboxylic acids is 1. The first-order chi connectivity index (χ1) is 16.3. The Kier molecular flexibility index (Phi) is 9.19. The summed E-state index contributed by atoms with van der Waals surface area (Å²) in [7, 11) is 1.59. The standard InChI is InChI=1S/C26H32ClNO6/c1-18-8-11-26(12-9-18,25(30)31)28-24(29)20-6-7-22(34-15-14-32-2)23(17-20)33-13-10-19-4-3-5-21(27)16-19/h3-7,16-18H,8-15H2,1-2H3,(H,28,29)(H,30,31)/t18-,26+. The van der Waals surface area contributed by atoms with Crippen LogP contribution >= 0.6 is 11.6 Å². The van der Waals surface area contributed by atoms with Crippen LogP contribution in [0.2, 0.25) is 5.02 Å². The first kappa shape index (κ1) is 25.8. The number of nitrogens with one attached hydrogen (secondary N) is 1. The van der Waals surface area contributed by atoms with E-state index >= 15 is 0 Å². The van der Waals surface area contributed by atoms with Gasteiger partial charge in [0, 0.05) is 24.1 Å². The Balaban J connectivity index is 1.74. The van der Waals surface area contributed by atoms with Crippen molar-refractivity contribution in [2.45, 2.75) is 44.6 Å². The first-order valence-electron chi connectivity index (χ1n) is 11.5. The Hall–Kier alpha value is -2.77. The van der Waals surface area contributed by atoms with Crippen molar-refractivity contribution in [2.24, 2.45) is 5.92 Å². The van der Waals surface area contributed by atoms with E-state index in [0.717, 1.165) is 18.4 Å². The number of carboxylic acid groups (broad SMARTS) is 1. The van der Waals surface area contributed by atoms with E-state index in [0.29, 0.717) is 67.1 Å². The molecule has 1 saturated carbocycles. The number of carbonyl (C=O) groups excluding carboxylic acids is 1. The lowest BCUT2D eigenvalue weighted by atomic mass is 9.77. The highest BCUT2D eigenvalue weighted by Crippen LogP contribution is 2.33. The van der Waals surface area contributed by atoms with E-state index in [2.05, 4.69) is 12.2 Å². The van der Waals surface area contributed by atoms with Gasteiger partial charge in [-0.15, -0.1) is 0 Å². The molecule has 0 atom stereocenters. The van der Waals surface area contributed by atoms with Gasteiger partial charge in [-0.05, 0) is 67.5 Å². The number of methoxy groups -OCH3 is 1. The summed E-state index contributed by atoms with van der Waals surface area (Å²) in [6, 6.07) is 12.4. The highest BCUT2D eigenvalue weighted by atomic mass is 35.5. The lowest BCUT2D eigenvalue weighted by molar-refractivity contribution is -0.146. The molecule has 1 amide bonds. The minimum Gasteiger partial charge on any atom is -0.489 e. The van der Waals surface area contributed by atoms with Crippen molar-refractivity contribution in [1.82, 2.24) is 5.32 Å². The normalized spacial score (nSPS) is 19.9. The van der Waals surface area contributed by atoms with Gasteiger partial charge in [0.1, 0.15) is 12.1 Å². The van der Waals surface area contributed by atoms with E-state index in [9.17, 15) is 14.7 Å². The van der Waals surface area contributed by atoms with Crippen LogP contribution < -0.4 is 14.8 Å². The molecule has 2 N–H and O–H groups in total. The topological polar surface area (TPSA) is 94.1 Å². The van der Waals surface area contributed by atoms with E-state index in [1.165, 1.54) is 0 Å². The summed E-state index contributed by atoms with van der Waals surface area (Å²) in [4.78, 5) is 25.1. The van der Waals surface area contributed by atoms with Crippen LogP contribution in [0.4, 0.5) is 0 Å². The Bertz CT molecular complexity index is 987. The third-order valence-electron chi connectivity index (χ3n) is 6.18.